The lowest BCUT2D eigenvalue weighted by Gasteiger charge is -2.48. The third-order valence-electron chi connectivity index (χ3n) is 7.68. The van der Waals surface area contributed by atoms with Crippen molar-refractivity contribution in [2.24, 2.45) is 17.8 Å². The van der Waals surface area contributed by atoms with Gasteiger partial charge in [0.1, 0.15) is 11.6 Å². The highest BCUT2D eigenvalue weighted by Crippen LogP contribution is 2.55. The fourth-order valence-corrected chi connectivity index (χ4v) is 5.70. The number of benzene rings is 1. The number of alkyl halides is 2. The number of carbonyl (C=O) groups excluding carboxylic acids is 1. The Balaban J connectivity index is 1.44. The van der Waals surface area contributed by atoms with E-state index < -0.39 is 41.8 Å². The maximum absolute atomic E-state index is 15.2. The molecule has 1 aromatic heterocycles. The van der Waals surface area contributed by atoms with Crippen molar-refractivity contribution in [3.05, 3.63) is 59.9 Å². The van der Waals surface area contributed by atoms with Gasteiger partial charge in [0.15, 0.2) is 0 Å². The summed E-state index contributed by atoms with van der Waals surface area (Å²) in [5.41, 5.74) is 2.67. The lowest BCUT2D eigenvalue weighted by atomic mass is 9.60. The first-order valence-electron chi connectivity index (χ1n) is 11.8. The van der Waals surface area contributed by atoms with Crippen molar-refractivity contribution in [2.45, 2.75) is 63.6 Å². The lowest BCUT2D eigenvalue weighted by molar-refractivity contribution is -0.160. The highest BCUT2D eigenvalue weighted by Gasteiger charge is 2.68. The largest absolute Gasteiger partial charge is 0.461 e. The summed E-state index contributed by atoms with van der Waals surface area (Å²) in [6.07, 6.45) is 6.34. The number of allylic oxidation sites excluding steroid dienone is 1. The molecule has 1 saturated heterocycles. The molecule has 2 saturated carbocycles. The van der Waals surface area contributed by atoms with E-state index in [1.807, 2.05) is 49.5 Å². The Morgan fingerprint density at radius 2 is 1.91 bits per heavy atom. The number of ether oxygens (including phenoxy) is 1. The van der Waals surface area contributed by atoms with Gasteiger partial charge in [-0.05, 0) is 55.9 Å². The fraction of sp³-hybridized carbons (Fsp3) is 0.481. The maximum Gasteiger partial charge on any atom is 0.327 e. The van der Waals surface area contributed by atoms with E-state index in [9.17, 15) is 4.79 Å². The van der Waals surface area contributed by atoms with E-state index >= 15 is 8.78 Å². The minimum Gasteiger partial charge on any atom is -0.461 e. The van der Waals surface area contributed by atoms with Crippen LogP contribution >= 0.6 is 0 Å². The number of pyridine rings is 1. The second kappa shape index (κ2) is 8.01. The lowest BCUT2D eigenvalue weighted by Crippen LogP contribution is -2.65. The summed E-state index contributed by atoms with van der Waals surface area (Å²) >= 11 is 0. The number of esters is 1. The smallest absolute Gasteiger partial charge is 0.327 e. The molecule has 0 spiro atoms. The van der Waals surface area contributed by atoms with Crippen molar-refractivity contribution >= 4 is 12.0 Å². The molecule has 1 aliphatic heterocycles. The van der Waals surface area contributed by atoms with Gasteiger partial charge in [-0.1, -0.05) is 43.3 Å². The van der Waals surface area contributed by atoms with Gasteiger partial charge in [0.05, 0.1) is 5.69 Å². The zero-order chi connectivity index (χ0) is 23.4. The van der Waals surface area contributed by atoms with Gasteiger partial charge >= 0.3 is 5.97 Å². The highest BCUT2D eigenvalue weighted by molar-refractivity contribution is 5.84. The summed E-state index contributed by atoms with van der Waals surface area (Å²) in [6.45, 7) is 5.47. The van der Waals surface area contributed by atoms with Crippen molar-refractivity contribution in [3.63, 3.8) is 0 Å². The standard InChI is InChI=1S/C27H30F2N2O2/c1-16-6-4-5-7-22(16)19-8-9-20(30-14-19)12-13-23-17(2)27(28,29)15-26(31-21-10-11-21)24(23)18(3)33-25(26)32/h4-9,12-14,17-18,21,23-24,31H,10-11,15H2,1-3H3/b13-12+/t17-,18+,23-,24-,26-/m0/s1. The minimum atomic E-state index is -2.97. The van der Waals surface area contributed by atoms with Crippen LogP contribution in [0.2, 0.25) is 0 Å². The van der Waals surface area contributed by atoms with E-state index in [-0.39, 0.29) is 12.0 Å². The predicted molar refractivity (Wildman–Crippen MR) is 124 cm³/mol. The molecule has 2 aromatic rings. The molecule has 2 aliphatic carbocycles. The summed E-state index contributed by atoms with van der Waals surface area (Å²) in [4.78, 5) is 17.4. The van der Waals surface area contributed by atoms with Gasteiger partial charge in [0.2, 0.25) is 0 Å². The van der Waals surface area contributed by atoms with Crippen LogP contribution in [0, 0.1) is 24.7 Å². The van der Waals surface area contributed by atoms with Crippen molar-refractivity contribution in [1.29, 1.82) is 0 Å². The Hall–Kier alpha value is -2.60. The molecule has 1 aromatic carbocycles. The number of hydrogen-bond acceptors (Lipinski definition) is 4. The van der Waals surface area contributed by atoms with Crippen LogP contribution in [0.5, 0.6) is 0 Å². The Labute approximate surface area is 193 Å². The van der Waals surface area contributed by atoms with Gasteiger partial charge in [0, 0.05) is 36.1 Å². The Kier molecular flexibility index (Phi) is 5.39. The number of cyclic esters (lactones) is 1. The van der Waals surface area contributed by atoms with E-state index in [0.717, 1.165) is 24.0 Å². The second-order valence-electron chi connectivity index (χ2n) is 9.98. The highest BCUT2D eigenvalue weighted by atomic mass is 19.3. The van der Waals surface area contributed by atoms with E-state index in [1.54, 1.807) is 6.92 Å². The molecule has 2 heterocycles. The zero-order valence-corrected chi connectivity index (χ0v) is 19.2. The number of fused-ring (bicyclic) bond motifs is 1. The summed E-state index contributed by atoms with van der Waals surface area (Å²) < 4.78 is 36.0. The van der Waals surface area contributed by atoms with Crippen LogP contribution in [0.3, 0.4) is 0 Å². The van der Waals surface area contributed by atoms with Gasteiger partial charge < -0.3 is 4.74 Å². The summed E-state index contributed by atoms with van der Waals surface area (Å²) in [7, 11) is 0. The number of halogens is 2. The minimum absolute atomic E-state index is 0.120. The number of aromatic nitrogens is 1. The predicted octanol–water partition coefficient (Wildman–Crippen LogP) is 5.41. The normalized spacial score (nSPS) is 33.2. The third kappa shape index (κ3) is 3.88. The first-order valence-corrected chi connectivity index (χ1v) is 11.8. The van der Waals surface area contributed by atoms with Crippen LogP contribution in [0.15, 0.2) is 48.7 Å². The quantitative estimate of drug-likeness (QED) is 0.616. The first kappa shape index (κ1) is 22.2. The molecule has 0 unspecified atom stereocenters. The average molecular weight is 453 g/mol. The Morgan fingerprint density at radius 3 is 2.58 bits per heavy atom. The monoisotopic (exact) mass is 452 g/mol. The summed E-state index contributed by atoms with van der Waals surface area (Å²) in [5.74, 6) is -5.27. The molecule has 0 amide bonds. The molecular weight excluding hydrogens is 422 g/mol. The topological polar surface area (TPSA) is 51.2 Å². The van der Waals surface area contributed by atoms with Crippen molar-refractivity contribution in [3.8, 4) is 11.1 Å². The molecule has 3 aliphatic rings. The Morgan fingerprint density at radius 1 is 1.15 bits per heavy atom. The number of hydrogen-bond donors (Lipinski definition) is 1. The Bertz CT molecular complexity index is 1080. The van der Waals surface area contributed by atoms with E-state index in [2.05, 4.69) is 29.4 Å². The molecule has 33 heavy (non-hydrogen) atoms. The third-order valence-corrected chi connectivity index (χ3v) is 7.68. The van der Waals surface area contributed by atoms with Gasteiger partial charge in [-0.2, -0.15) is 0 Å². The van der Waals surface area contributed by atoms with E-state index in [0.29, 0.717) is 5.69 Å². The number of nitrogens with one attached hydrogen (secondary N) is 1. The molecule has 5 atom stereocenters. The van der Waals surface area contributed by atoms with Crippen molar-refractivity contribution in [1.82, 2.24) is 10.3 Å². The van der Waals surface area contributed by atoms with Crippen molar-refractivity contribution < 1.29 is 18.3 Å². The van der Waals surface area contributed by atoms with Gasteiger partial charge in [-0.25, -0.2) is 8.78 Å². The number of carbonyl (C=O) groups is 1. The molecule has 4 nitrogen and oxygen atoms in total. The van der Waals surface area contributed by atoms with Crippen LogP contribution in [0.1, 0.15) is 44.4 Å². The van der Waals surface area contributed by atoms with Gasteiger partial charge in [-0.15, -0.1) is 0 Å². The second-order valence-corrected chi connectivity index (χ2v) is 9.98. The average Bonchev–Trinajstić information content (AvgIpc) is 3.55. The molecule has 6 heteroatoms. The fourth-order valence-electron chi connectivity index (χ4n) is 5.70. The van der Waals surface area contributed by atoms with Crippen molar-refractivity contribution in [2.75, 3.05) is 0 Å². The summed E-state index contributed by atoms with van der Waals surface area (Å²) in [5, 5.41) is 3.28. The van der Waals surface area contributed by atoms with Crippen LogP contribution in [-0.4, -0.2) is 34.6 Å². The molecule has 0 radical (unpaired) electrons. The molecule has 5 rings (SSSR count). The number of aryl methyl sites for hydroxylation is 1. The van der Waals surface area contributed by atoms with Gasteiger partial charge in [-0.3, -0.25) is 15.1 Å². The number of nitrogens with zero attached hydrogens (tertiary/aromatic N) is 1. The van der Waals surface area contributed by atoms with Crippen LogP contribution in [-0.2, 0) is 9.53 Å². The molecule has 3 fully saturated rings. The maximum atomic E-state index is 15.2. The molecular formula is C27H30F2N2O2. The van der Waals surface area contributed by atoms with Crippen LogP contribution in [0.25, 0.3) is 17.2 Å². The van der Waals surface area contributed by atoms with Crippen LogP contribution in [0.4, 0.5) is 8.78 Å². The zero-order valence-electron chi connectivity index (χ0n) is 19.2. The van der Waals surface area contributed by atoms with E-state index in [1.165, 1.54) is 5.56 Å². The van der Waals surface area contributed by atoms with E-state index in [4.69, 9.17) is 4.74 Å². The molecule has 174 valence electrons. The molecule has 1 N–H and O–H groups in total. The first-order chi connectivity index (χ1) is 15.7. The van der Waals surface area contributed by atoms with Crippen LogP contribution < -0.4 is 5.32 Å². The SMILES string of the molecule is Cc1ccccc1-c1ccc(/C=C/[C@@H]2[C@@H]3[C@@H](C)OC(=O)[C@]3(NC3CC3)CC(F)(F)[C@H]2C)nc1. The summed E-state index contributed by atoms with van der Waals surface area (Å²) in [6, 6.07) is 12.1. The van der Waals surface area contributed by atoms with Gasteiger partial charge in [0.25, 0.3) is 5.92 Å². The molecule has 0 bridgehead atoms. The number of rotatable bonds is 5.